The second kappa shape index (κ2) is 9.82. The highest BCUT2D eigenvalue weighted by atomic mass is 35.5. The van der Waals surface area contributed by atoms with Gasteiger partial charge in [0.05, 0.1) is 26.1 Å². The molecule has 1 aromatic heterocycles. The van der Waals surface area contributed by atoms with Crippen LogP contribution in [0.15, 0.2) is 48.7 Å². The minimum absolute atomic E-state index is 0.116. The van der Waals surface area contributed by atoms with Crippen molar-refractivity contribution in [2.24, 2.45) is 0 Å². The Kier molecular flexibility index (Phi) is 7.14. The molecule has 0 aliphatic heterocycles. The maximum absolute atomic E-state index is 13.6. The van der Waals surface area contributed by atoms with Gasteiger partial charge in [0.15, 0.2) is 22.9 Å². The van der Waals surface area contributed by atoms with Crippen LogP contribution in [-0.2, 0) is 12.6 Å². The number of amides is 1. The van der Waals surface area contributed by atoms with Crippen LogP contribution in [0.2, 0.25) is 5.02 Å². The Labute approximate surface area is 186 Å². The Bertz CT molecular complexity index is 1080. The maximum Gasteiger partial charge on any atom is 0.437 e. The average Bonchev–Trinajstić information content (AvgIpc) is 3.18. The SMILES string of the molecule is COc1ccc(CCNC(=O)Oc2cnn(-c3ccc(Cl)cc3)c2C(F)(F)F)cc1OC. The topological polar surface area (TPSA) is 74.6 Å². The third-order valence-electron chi connectivity index (χ3n) is 4.41. The van der Waals surface area contributed by atoms with Crippen LogP contribution in [0.4, 0.5) is 18.0 Å². The molecule has 3 aromatic rings. The number of ether oxygens (including phenoxy) is 3. The molecular weight excluding hydrogens is 451 g/mol. The van der Waals surface area contributed by atoms with E-state index in [9.17, 15) is 18.0 Å². The predicted octanol–water partition coefficient (Wildman–Crippen LogP) is 4.89. The van der Waals surface area contributed by atoms with Gasteiger partial charge in [0.2, 0.25) is 0 Å². The number of hydrogen-bond donors (Lipinski definition) is 1. The van der Waals surface area contributed by atoms with Crippen molar-refractivity contribution >= 4 is 17.7 Å². The summed E-state index contributed by atoms with van der Waals surface area (Å²) < 4.78 is 56.8. The lowest BCUT2D eigenvalue weighted by Crippen LogP contribution is -2.29. The highest BCUT2D eigenvalue weighted by molar-refractivity contribution is 6.30. The number of aromatic nitrogens is 2. The van der Waals surface area contributed by atoms with Gasteiger partial charge < -0.3 is 19.5 Å². The van der Waals surface area contributed by atoms with Crippen LogP contribution in [0.5, 0.6) is 17.2 Å². The smallest absolute Gasteiger partial charge is 0.437 e. The van der Waals surface area contributed by atoms with E-state index in [2.05, 4.69) is 10.4 Å². The molecule has 0 saturated carbocycles. The van der Waals surface area contributed by atoms with Crippen LogP contribution in [0.25, 0.3) is 5.69 Å². The molecule has 0 atom stereocenters. The molecule has 1 N–H and O–H groups in total. The largest absolute Gasteiger partial charge is 0.493 e. The highest BCUT2D eigenvalue weighted by Gasteiger charge is 2.40. The second-order valence-corrected chi connectivity index (χ2v) is 6.94. The molecule has 0 unspecified atom stereocenters. The van der Waals surface area contributed by atoms with E-state index >= 15 is 0 Å². The summed E-state index contributed by atoms with van der Waals surface area (Å²) >= 11 is 5.78. The van der Waals surface area contributed by atoms with Gasteiger partial charge in [-0.3, -0.25) is 0 Å². The van der Waals surface area contributed by atoms with Crippen LogP contribution < -0.4 is 19.5 Å². The first kappa shape index (κ1) is 23.3. The van der Waals surface area contributed by atoms with Gasteiger partial charge >= 0.3 is 12.3 Å². The molecule has 0 bridgehead atoms. The van der Waals surface area contributed by atoms with Crippen molar-refractivity contribution in [3.8, 4) is 22.9 Å². The van der Waals surface area contributed by atoms with E-state index in [4.69, 9.17) is 25.8 Å². The Morgan fingerprint density at radius 1 is 1.06 bits per heavy atom. The lowest BCUT2D eigenvalue weighted by Gasteiger charge is -2.13. The molecule has 0 aliphatic rings. The number of rotatable bonds is 7. The van der Waals surface area contributed by atoms with Crippen molar-refractivity contribution in [3.63, 3.8) is 0 Å². The van der Waals surface area contributed by atoms with Gasteiger partial charge in [-0.1, -0.05) is 17.7 Å². The lowest BCUT2D eigenvalue weighted by atomic mass is 10.1. The van der Waals surface area contributed by atoms with Crippen LogP contribution in [-0.4, -0.2) is 36.6 Å². The van der Waals surface area contributed by atoms with E-state index in [1.807, 2.05) is 0 Å². The third kappa shape index (κ3) is 5.44. The molecule has 0 radical (unpaired) electrons. The lowest BCUT2D eigenvalue weighted by molar-refractivity contribution is -0.143. The van der Waals surface area contributed by atoms with Crippen molar-refractivity contribution < 1.29 is 32.2 Å². The average molecular weight is 470 g/mol. The fourth-order valence-corrected chi connectivity index (χ4v) is 3.05. The van der Waals surface area contributed by atoms with E-state index in [0.717, 1.165) is 11.8 Å². The predicted molar refractivity (Wildman–Crippen MR) is 111 cm³/mol. The normalized spacial score (nSPS) is 11.2. The molecule has 170 valence electrons. The van der Waals surface area contributed by atoms with E-state index in [-0.39, 0.29) is 12.2 Å². The van der Waals surface area contributed by atoms with Crippen molar-refractivity contribution in [1.29, 1.82) is 0 Å². The van der Waals surface area contributed by atoms with E-state index in [1.54, 1.807) is 18.2 Å². The van der Waals surface area contributed by atoms with Gasteiger partial charge in [-0.25, -0.2) is 9.48 Å². The van der Waals surface area contributed by atoms with Crippen molar-refractivity contribution in [2.75, 3.05) is 20.8 Å². The fourth-order valence-electron chi connectivity index (χ4n) is 2.93. The van der Waals surface area contributed by atoms with Gasteiger partial charge in [-0.05, 0) is 48.4 Å². The van der Waals surface area contributed by atoms with E-state index in [0.29, 0.717) is 27.6 Å². The Morgan fingerprint density at radius 2 is 1.75 bits per heavy atom. The molecule has 0 spiro atoms. The molecule has 7 nitrogen and oxygen atoms in total. The highest BCUT2D eigenvalue weighted by Crippen LogP contribution is 2.37. The summed E-state index contributed by atoms with van der Waals surface area (Å²) in [6.07, 6.45) is -4.62. The monoisotopic (exact) mass is 469 g/mol. The Hall–Kier alpha value is -3.40. The van der Waals surface area contributed by atoms with Crippen LogP contribution >= 0.6 is 11.6 Å². The van der Waals surface area contributed by atoms with Crippen molar-refractivity contribution in [1.82, 2.24) is 15.1 Å². The molecule has 11 heteroatoms. The number of nitrogens with zero attached hydrogens (tertiary/aromatic N) is 2. The maximum atomic E-state index is 13.6. The molecule has 2 aromatic carbocycles. The van der Waals surface area contributed by atoms with Crippen molar-refractivity contribution in [3.05, 3.63) is 64.9 Å². The number of halogens is 4. The molecule has 1 heterocycles. The number of benzene rings is 2. The number of nitrogens with one attached hydrogen (secondary N) is 1. The summed E-state index contributed by atoms with van der Waals surface area (Å²) in [5.74, 6) is 0.370. The summed E-state index contributed by atoms with van der Waals surface area (Å²) in [5.41, 5.74) is -0.269. The van der Waals surface area contributed by atoms with Gasteiger partial charge in [0, 0.05) is 11.6 Å². The van der Waals surface area contributed by atoms with Crippen LogP contribution in [0.3, 0.4) is 0 Å². The molecule has 0 fully saturated rings. The van der Waals surface area contributed by atoms with Gasteiger partial charge in [-0.15, -0.1) is 0 Å². The summed E-state index contributed by atoms with van der Waals surface area (Å²) in [5, 5.41) is 6.51. The first-order valence-electron chi connectivity index (χ1n) is 9.30. The minimum atomic E-state index is -4.81. The summed E-state index contributed by atoms with van der Waals surface area (Å²) in [6, 6.07) is 10.8. The molecule has 3 rings (SSSR count). The zero-order valence-corrected chi connectivity index (χ0v) is 17.8. The number of alkyl halides is 3. The zero-order valence-electron chi connectivity index (χ0n) is 17.1. The number of carbonyl (C=O) groups is 1. The first-order chi connectivity index (χ1) is 15.2. The quantitative estimate of drug-likeness (QED) is 0.533. The van der Waals surface area contributed by atoms with E-state index < -0.39 is 23.7 Å². The Morgan fingerprint density at radius 3 is 2.38 bits per heavy atom. The second-order valence-electron chi connectivity index (χ2n) is 6.50. The molecular formula is C21H19ClF3N3O4. The Balaban J connectivity index is 1.68. The van der Waals surface area contributed by atoms with Gasteiger partial charge in [0.1, 0.15) is 0 Å². The summed E-state index contributed by atoms with van der Waals surface area (Å²) in [7, 11) is 3.01. The molecule has 0 aliphatic carbocycles. The fraction of sp³-hybridized carbons (Fsp3) is 0.238. The summed E-state index contributed by atoms with van der Waals surface area (Å²) in [6.45, 7) is 0.126. The minimum Gasteiger partial charge on any atom is -0.493 e. The third-order valence-corrected chi connectivity index (χ3v) is 4.66. The standard InChI is InChI=1S/C21H19ClF3N3O4/c1-30-16-8-3-13(11-17(16)31-2)9-10-26-20(29)32-18-12-27-28(19(18)21(23,24)25)15-6-4-14(22)5-7-15/h3-8,11-12H,9-10H2,1-2H3,(H,26,29). The van der Waals surface area contributed by atoms with Crippen molar-refractivity contribution in [2.45, 2.75) is 12.6 Å². The van der Waals surface area contributed by atoms with Crippen LogP contribution in [0.1, 0.15) is 11.3 Å². The zero-order chi connectivity index (χ0) is 23.3. The van der Waals surface area contributed by atoms with E-state index in [1.165, 1.54) is 38.5 Å². The van der Waals surface area contributed by atoms with Gasteiger partial charge in [0.25, 0.3) is 0 Å². The molecule has 32 heavy (non-hydrogen) atoms. The summed E-state index contributed by atoms with van der Waals surface area (Å²) in [4.78, 5) is 12.1. The van der Waals surface area contributed by atoms with Crippen LogP contribution in [0, 0.1) is 0 Å². The molecule has 0 saturated heterocycles. The first-order valence-corrected chi connectivity index (χ1v) is 9.68. The number of hydrogen-bond acceptors (Lipinski definition) is 5. The number of carbonyl (C=O) groups excluding carboxylic acids is 1. The molecule has 1 amide bonds. The number of methoxy groups -OCH3 is 2. The van der Waals surface area contributed by atoms with Gasteiger partial charge in [-0.2, -0.15) is 18.3 Å².